The Morgan fingerprint density at radius 1 is 1.18 bits per heavy atom. The average molecular weight is 423 g/mol. The number of aliphatic carboxylic acids is 1. The summed E-state index contributed by atoms with van der Waals surface area (Å²) < 4.78 is 34.0. The lowest BCUT2D eigenvalue weighted by Gasteiger charge is -2.27. The molecular formula is C19H22N2O5S2. The van der Waals surface area contributed by atoms with Crippen LogP contribution < -0.4 is 9.62 Å². The fraction of sp³-hybridized carbons (Fsp3) is 0.421. The molecule has 150 valence electrons. The van der Waals surface area contributed by atoms with Crippen LogP contribution in [-0.4, -0.2) is 51.3 Å². The third kappa shape index (κ3) is 3.12. The fourth-order valence-corrected chi connectivity index (χ4v) is 6.63. The molecule has 2 aliphatic rings. The summed E-state index contributed by atoms with van der Waals surface area (Å²) in [5.74, 6) is -1.16. The zero-order valence-corrected chi connectivity index (χ0v) is 17.1. The molecular weight excluding hydrogens is 400 g/mol. The van der Waals surface area contributed by atoms with Crippen LogP contribution in [-0.2, 0) is 25.0 Å². The molecule has 1 aliphatic carbocycles. The van der Waals surface area contributed by atoms with Crippen LogP contribution in [0.15, 0.2) is 46.7 Å². The van der Waals surface area contributed by atoms with Gasteiger partial charge >= 0.3 is 5.97 Å². The van der Waals surface area contributed by atoms with Gasteiger partial charge in [-0.15, -0.1) is 11.3 Å². The number of carboxylic acids is 1. The number of ether oxygens (including phenoxy) is 1. The van der Waals surface area contributed by atoms with Gasteiger partial charge in [-0.1, -0.05) is 37.3 Å². The summed E-state index contributed by atoms with van der Waals surface area (Å²) >= 11 is 1.15. The Morgan fingerprint density at radius 2 is 1.86 bits per heavy atom. The minimum atomic E-state index is -3.97. The predicted octanol–water partition coefficient (Wildman–Crippen LogP) is 2.05. The predicted molar refractivity (Wildman–Crippen MR) is 106 cm³/mol. The highest BCUT2D eigenvalue weighted by atomic mass is 32.2. The second-order valence-electron chi connectivity index (χ2n) is 7.38. The van der Waals surface area contributed by atoms with E-state index in [9.17, 15) is 18.3 Å². The lowest BCUT2D eigenvalue weighted by molar-refractivity contribution is -0.140. The quantitative estimate of drug-likeness (QED) is 0.740. The molecule has 0 unspecified atom stereocenters. The number of benzene rings is 1. The number of hydrogen-bond donors (Lipinski definition) is 2. The van der Waals surface area contributed by atoms with Gasteiger partial charge in [0.15, 0.2) is 0 Å². The number of hydrogen-bond acceptors (Lipinski definition) is 6. The molecule has 2 fully saturated rings. The normalized spacial score (nSPS) is 27.5. The van der Waals surface area contributed by atoms with Gasteiger partial charge in [0.05, 0.1) is 18.2 Å². The van der Waals surface area contributed by atoms with E-state index >= 15 is 0 Å². The SMILES string of the molecule is C[C@]1(c2ccccc2)C[C@@]1(NS(=O)(=O)c1ccc(N2CCOCC2)s1)C(=O)O. The summed E-state index contributed by atoms with van der Waals surface area (Å²) in [4.78, 5) is 14.2. The zero-order valence-electron chi connectivity index (χ0n) is 15.4. The Balaban J connectivity index is 1.60. The Hall–Kier alpha value is -1.94. The highest BCUT2D eigenvalue weighted by Crippen LogP contribution is 2.58. The van der Waals surface area contributed by atoms with Crippen molar-refractivity contribution in [1.29, 1.82) is 0 Å². The molecule has 2 heterocycles. The molecule has 28 heavy (non-hydrogen) atoms. The molecule has 1 saturated carbocycles. The van der Waals surface area contributed by atoms with Gasteiger partial charge in [-0.05, 0) is 24.1 Å². The van der Waals surface area contributed by atoms with Crippen molar-refractivity contribution in [2.75, 3.05) is 31.2 Å². The lowest BCUT2D eigenvalue weighted by Crippen LogP contribution is -2.47. The third-order valence-electron chi connectivity index (χ3n) is 5.68. The van der Waals surface area contributed by atoms with E-state index in [0.29, 0.717) is 26.3 Å². The van der Waals surface area contributed by atoms with Crippen LogP contribution in [0.2, 0.25) is 0 Å². The molecule has 7 nitrogen and oxygen atoms in total. The van der Waals surface area contributed by atoms with Crippen molar-refractivity contribution in [3.05, 3.63) is 48.0 Å². The van der Waals surface area contributed by atoms with Crippen molar-refractivity contribution >= 4 is 32.3 Å². The van der Waals surface area contributed by atoms with Crippen LogP contribution in [0.1, 0.15) is 18.9 Å². The van der Waals surface area contributed by atoms with E-state index in [1.807, 2.05) is 30.3 Å². The van der Waals surface area contributed by atoms with E-state index in [-0.39, 0.29) is 10.6 Å². The molecule has 0 amide bonds. The monoisotopic (exact) mass is 422 g/mol. The first-order valence-corrected chi connectivity index (χ1v) is 11.3. The number of carboxylic acid groups (broad SMARTS) is 1. The minimum Gasteiger partial charge on any atom is -0.480 e. The minimum absolute atomic E-state index is 0.122. The highest BCUT2D eigenvalue weighted by molar-refractivity contribution is 7.91. The Kier molecular flexibility index (Phi) is 4.73. The summed E-state index contributed by atoms with van der Waals surface area (Å²) in [6, 6.07) is 12.5. The number of morpholine rings is 1. The van der Waals surface area contributed by atoms with Crippen molar-refractivity contribution < 1.29 is 23.1 Å². The Bertz CT molecular complexity index is 985. The van der Waals surface area contributed by atoms with Gasteiger partial charge in [-0.2, -0.15) is 4.72 Å². The lowest BCUT2D eigenvalue weighted by atomic mass is 9.93. The number of rotatable bonds is 6. The van der Waals surface area contributed by atoms with Gasteiger partial charge in [0, 0.05) is 18.5 Å². The molecule has 1 saturated heterocycles. The first-order valence-electron chi connectivity index (χ1n) is 9.04. The van der Waals surface area contributed by atoms with Crippen molar-refractivity contribution in [2.24, 2.45) is 0 Å². The van der Waals surface area contributed by atoms with Crippen LogP contribution >= 0.6 is 11.3 Å². The van der Waals surface area contributed by atoms with Gasteiger partial charge in [0.2, 0.25) is 0 Å². The number of nitrogens with one attached hydrogen (secondary N) is 1. The van der Waals surface area contributed by atoms with E-state index in [4.69, 9.17) is 4.74 Å². The molecule has 2 atom stereocenters. The summed E-state index contributed by atoms with van der Waals surface area (Å²) in [5.41, 5.74) is -1.53. The van der Waals surface area contributed by atoms with Crippen molar-refractivity contribution in [1.82, 2.24) is 4.72 Å². The van der Waals surface area contributed by atoms with E-state index in [0.717, 1.165) is 21.9 Å². The van der Waals surface area contributed by atoms with Crippen LogP contribution in [0, 0.1) is 0 Å². The number of thiophene rings is 1. The largest absolute Gasteiger partial charge is 0.480 e. The van der Waals surface area contributed by atoms with Crippen LogP contribution in [0.25, 0.3) is 0 Å². The Morgan fingerprint density at radius 3 is 2.50 bits per heavy atom. The van der Waals surface area contributed by atoms with E-state index in [1.165, 1.54) is 6.07 Å². The number of carbonyl (C=O) groups is 1. The smallest absolute Gasteiger partial charge is 0.325 e. The zero-order chi connectivity index (χ0) is 20.0. The maximum Gasteiger partial charge on any atom is 0.325 e. The topological polar surface area (TPSA) is 95.9 Å². The van der Waals surface area contributed by atoms with Gasteiger partial charge < -0.3 is 14.7 Å². The molecule has 0 radical (unpaired) electrons. The maximum absolute atomic E-state index is 13.0. The van der Waals surface area contributed by atoms with Gasteiger partial charge in [0.1, 0.15) is 9.75 Å². The van der Waals surface area contributed by atoms with Gasteiger partial charge in [0.25, 0.3) is 10.0 Å². The van der Waals surface area contributed by atoms with E-state index < -0.39 is 26.9 Å². The number of nitrogens with zero attached hydrogens (tertiary/aromatic N) is 1. The van der Waals surface area contributed by atoms with Crippen molar-refractivity contribution in [3.63, 3.8) is 0 Å². The molecule has 0 spiro atoms. The molecule has 4 rings (SSSR count). The van der Waals surface area contributed by atoms with Crippen LogP contribution in [0.4, 0.5) is 5.00 Å². The van der Waals surface area contributed by atoms with Crippen LogP contribution in [0.5, 0.6) is 0 Å². The summed E-state index contributed by atoms with van der Waals surface area (Å²) in [7, 11) is -3.97. The summed E-state index contributed by atoms with van der Waals surface area (Å²) in [6.45, 7) is 4.41. The third-order valence-corrected chi connectivity index (χ3v) is 8.81. The average Bonchev–Trinajstić information content (AvgIpc) is 3.06. The first kappa shape index (κ1) is 19.4. The molecule has 1 aromatic heterocycles. The molecule has 9 heteroatoms. The van der Waals surface area contributed by atoms with E-state index in [2.05, 4.69) is 9.62 Å². The highest BCUT2D eigenvalue weighted by Gasteiger charge is 2.72. The van der Waals surface area contributed by atoms with E-state index in [1.54, 1.807) is 13.0 Å². The van der Waals surface area contributed by atoms with Crippen LogP contribution in [0.3, 0.4) is 0 Å². The molecule has 0 bridgehead atoms. The Labute approximate surface area is 168 Å². The summed E-state index contributed by atoms with van der Waals surface area (Å²) in [6.07, 6.45) is 0.209. The van der Waals surface area contributed by atoms with Gasteiger partial charge in [-0.25, -0.2) is 8.42 Å². The molecule has 1 aromatic carbocycles. The van der Waals surface area contributed by atoms with Gasteiger partial charge in [-0.3, -0.25) is 4.79 Å². The maximum atomic E-state index is 13.0. The first-order chi connectivity index (χ1) is 13.3. The fourth-order valence-electron chi connectivity index (χ4n) is 3.83. The molecule has 2 N–H and O–H groups in total. The number of sulfonamides is 1. The second-order valence-corrected chi connectivity index (χ2v) is 10.4. The summed E-state index contributed by atoms with van der Waals surface area (Å²) in [5, 5.41) is 10.7. The van der Waals surface area contributed by atoms with Crippen molar-refractivity contribution in [2.45, 2.75) is 28.5 Å². The molecule has 2 aromatic rings. The van der Waals surface area contributed by atoms with Crippen molar-refractivity contribution in [3.8, 4) is 0 Å². The standard InChI is InChI=1S/C19H22N2O5S2/c1-18(14-5-3-2-4-6-14)13-19(18,17(22)23)20-28(24,25)16-8-7-15(27-16)21-9-11-26-12-10-21/h2-8,20H,9-13H2,1H3,(H,22,23)/t18-,19-/m1/s1. The molecule has 1 aliphatic heterocycles. The number of anilines is 1. The second kappa shape index (κ2) is 6.84.